The summed E-state index contributed by atoms with van der Waals surface area (Å²) in [6, 6.07) is 2.03. The van der Waals surface area contributed by atoms with Gasteiger partial charge in [-0.2, -0.15) is 5.10 Å². The van der Waals surface area contributed by atoms with Crippen molar-refractivity contribution in [3.63, 3.8) is 0 Å². The van der Waals surface area contributed by atoms with E-state index in [2.05, 4.69) is 27.4 Å². The quantitative estimate of drug-likeness (QED) is 0.808. The molecule has 1 unspecified atom stereocenters. The summed E-state index contributed by atoms with van der Waals surface area (Å²) in [4.78, 5) is 15.8. The third-order valence-electron chi connectivity index (χ3n) is 2.74. The summed E-state index contributed by atoms with van der Waals surface area (Å²) < 4.78 is 1.44. The number of hydrogen-bond acceptors (Lipinski definition) is 4. The molecule has 0 amide bonds. The zero-order valence-corrected chi connectivity index (χ0v) is 11.2. The van der Waals surface area contributed by atoms with Gasteiger partial charge in [-0.3, -0.25) is 0 Å². The normalized spacial score (nSPS) is 12.8. The lowest BCUT2D eigenvalue weighted by Crippen LogP contribution is -2.18. The third-order valence-corrected chi connectivity index (χ3v) is 3.00. The molecule has 0 radical (unpaired) electrons. The fourth-order valence-electron chi connectivity index (χ4n) is 1.88. The standard InChI is InChI=1S/C11H16ClN5O/c1-7(4-3-5-12)13-9-6-10-15-16-11(18)17(10)8(2)14-9/h6-7,13H,3-5H2,1-2H3,(H,16,18). The van der Waals surface area contributed by atoms with Crippen molar-refractivity contribution in [2.45, 2.75) is 32.7 Å². The Morgan fingerprint density at radius 3 is 3.11 bits per heavy atom. The van der Waals surface area contributed by atoms with Gasteiger partial charge in [-0.25, -0.2) is 19.3 Å². The average molecular weight is 270 g/mol. The molecule has 2 heterocycles. The van der Waals surface area contributed by atoms with Crippen molar-refractivity contribution < 1.29 is 0 Å². The van der Waals surface area contributed by atoms with Crippen LogP contribution in [0, 0.1) is 6.92 Å². The fraction of sp³-hybridized carbons (Fsp3) is 0.545. The molecule has 0 saturated carbocycles. The van der Waals surface area contributed by atoms with Crippen molar-refractivity contribution in [2.75, 3.05) is 11.2 Å². The zero-order chi connectivity index (χ0) is 13.1. The second-order valence-corrected chi connectivity index (χ2v) is 4.67. The van der Waals surface area contributed by atoms with E-state index in [0.29, 0.717) is 17.4 Å². The van der Waals surface area contributed by atoms with E-state index in [0.717, 1.165) is 18.7 Å². The number of halogens is 1. The minimum Gasteiger partial charge on any atom is -0.367 e. The molecule has 0 fully saturated rings. The number of aryl methyl sites for hydroxylation is 1. The van der Waals surface area contributed by atoms with Crippen molar-refractivity contribution in [1.29, 1.82) is 0 Å². The van der Waals surface area contributed by atoms with Crippen LogP contribution in [-0.2, 0) is 0 Å². The Hall–Kier alpha value is -1.56. The number of anilines is 1. The van der Waals surface area contributed by atoms with Gasteiger partial charge in [0.1, 0.15) is 11.6 Å². The van der Waals surface area contributed by atoms with E-state index >= 15 is 0 Å². The summed E-state index contributed by atoms with van der Waals surface area (Å²) in [5.74, 6) is 1.99. The number of nitrogens with one attached hydrogen (secondary N) is 2. The molecule has 6 nitrogen and oxygen atoms in total. The topological polar surface area (TPSA) is 75.1 Å². The average Bonchev–Trinajstić information content (AvgIpc) is 2.68. The van der Waals surface area contributed by atoms with Crippen LogP contribution in [0.5, 0.6) is 0 Å². The first-order valence-corrected chi connectivity index (χ1v) is 6.42. The van der Waals surface area contributed by atoms with Gasteiger partial charge in [0.25, 0.3) is 0 Å². The van der Waals surface area contributed by atoms with Crippen molar-refractivity contribution in [2.24, 2.45) is 0 Å². The Balaban J connectivity index is 2.22. The van der Waals surface area contributed by atoms with Crippen LogP contribution in [0.25, 0.3) is 5.65 Å². The van der Waals surface area contributed by atoms with Crippen LogP contribution in [0.4, 0.5) is 5.82 Å². The van der Waals surface area contributed by atoms with Gasteiger partial charge < -0.3 is 5.32 Å². The molecule has 18 heavy (non-hydrogen) atoms. The van der Waals surface area contributed by atoms with E-state index in [1.807, 2.05) is 0 Å². The van der Waals surface area contributed by atoms with E-state index in [-0.39, 0.29) is 11.7 Å². The number of aromatic amines is 1. The van der Waals surface area contributed by atoms with Gasteiger partial charge in [-0.15, -0.1) is 11.6 Å². The van der Waals surface area contributed by atoms with E-state index in [9.17, 15) is 4.79 Å². The number of aromatic nitrogens is 4. The molecule has 0 aliphatic heterocycles. The van der Waals surface area contributed by atoms with Crippen molar-refractivity contribution in [3.8, 4) is 0 Å². The maximum Gasteiger partial charge on any atom is 0.349 e. The minimum absolute atomic E-state index is 0.267. The van der Waals surface area contributed by atoms with Gasteiger partial charge in [0.2, 0.25) is 0 Å². The molecule has 0 aliphatic rings. The highest BCUT2D eigenvalue weighted by molar-refractivity contribution is 6.17. The number of hydrogen-bond donors (Lipinski definition) is 2. The molecule has 7 heteroatoms. The Morgan fingerprint density at radius 1 is 1.61 bits per heavy atom. The first kappa shape index (κ1) is 12.9. The largest absolute Gasteiger partial charge is 0.367 e. The predicted molar refractivity (Wildman–Crippen MR) is 71.4 cm³/mol. The summed E-state index contributed by atoms with van der Waals surface area (Å²) in [6.07, 6.45) is 1.93. The van der Waals surface area contributed by atoms with E-state index < -0.39 is 0 Å². The summed E-state index contributed by atoms with van der Waals surface area (Å²) in [5, 5.41) is 9.62. The number of alkyl halides is 1. The Morgan fingerprint density at radius 2 is 2.39 bits per heavy atom. The lowest BCUT2D eigenvalue weighted by molar-refractivity contribution is 0.689. The number of H-pyrrole nitrogens is 1. The molecule has 0 bridgehead atoms. The van der Waals surface area contributed by atoms with E-state index in [1.54, 1.807) is 13.0 Å². The zero-order valence-electron chi connectivity index (χ0n) is 10.4. The van der Waals surface area contributed by atoms with Crippen molar-refractivity contribution in [1.82, 2.24) is 19.6 Å². The molecule has 2 rings (SSSR count). The Bertz CT molecular complexity index is 591. The Kier molecular flexibility index (Phi) is 3.86. The highest BCUT2D eigenvalue weighted by atomic mass is 35.5. The molecule has 2 N–H and O–H groups in total. The van der Waals surface area contributed by atoms with Gasteiger partial charge >= 0.3 is 5.69 Å². The van der Waals surface area contributed by atoms with E-state index in [1.165, 1.54) is 4.40 Å². The first-order chi connectivity index (χ1) is 8.61. The highest BCUT2D eigenvalue weighted by Crippen LogP contribution is 2.11. The molecule has 2 aromatic heterocycles. The minimum atomic E-state index is -0.267. The molecule has 1 atom stereocenters. The smallest absolute Gasteiger partial charge is 0.349 e. The molecule has 98 valence electrons. The number of nitrogens with zero attached hydrogens (tertiary/aromatic N) is 3. The first-order valence-electron chi connectivity index (χ1n) is 5.89. The molecule has 0 spiro atoms. The predicted octanol–water partition coefficient (Wildman–Crippen LogP) is 1.55. The molecule has 0 saturated heterocycles. The SMILES string of the molecule is Cc1nc(NC(C)CCCCl)cc2n[nH]c(=O)n12. The highest BCUT2D eigenvalue weighted by Gasteiger charge is 2.08. The second-order valence-electron chi connectivity index (χ2n) is 4.29. The maximum atomic E-state index is 11.4. The van der Waals surface area contributed by atoms with Crippen LogP contribution in [0.1, 0.15) is 25.6 Å². The molecule has 0 aliphatic carbocycles. The summed E-state index contributed by atoms with van der Waals surface area (Å²) in [7, 11) is 0. The molecule has 2 aromatic rings. The summed E-state index contributed by atoms with van der Waals surface area (Å²) in [5.41, 5.74) is 0.302. The van der Waals surface area contributed by atoms with Crippen LogP contribution < -0.4 is 11.0 Å². The lowest BCUT2D eigenvalue weighted by Gasteiger charge is -2.14. The van der Waals surface area contributed by atoms with Gasteiger partial charge in [0, 0.05) is 18.0 Å². The fourth-order valence-corrected chi connectivity index (χ4v) is 2.03. The number of rotatable bonds is 5. The Labute approximate surface area is 109 Å². The van der Waals surface area contributed by atoms with Crippen molar-refractivity contribution >= 4 is 23.1 Å². The lowest BCUT2D eigenvalue weighted by atomic mass is 10.2. The van der Waals surface area contributed by atoms with Crippen LogP contribution >= 0.6 is 11.6 Å². The maximum absolute atomic E-state index is 11.4. The molecular weight excluding hydrogens is 254 g/mol. The summed E-state index contributed by atoms with van der Waals surface area (Å²) in [6.45, 7) is 3.85. The van der Waals surface area contributed by atoms with Crippen LogP contribution in [0.2, 0.25) is 0 Å². The summed E-state index contributed by atoms with van der Waals surface area (Å²) >= 11 is 5.66. The third kappa shape index (κ3) is 2.64. The van der Waals surface area contributed by atoms with Gasteiger partial charge in [-0.1, -0.05) is 0 Å². The van der Waals surface area contributed by atoms with Gasteiger partial charge in [-0.05, 0) is 26.7 Å². The van der Waals surface area contributed by atoms with Crippen molar-refractivity contribution in [3.05, 3.63) is 22.4 Å². The van der Waals surface area contributed by atoms with E-state index in [4.69, 9.17) is 11.6 Å². The van der Waals surface area contributed by atoms with Gasteiger partial charge in [0.15, 0.2) is 5.65 Å². The van der Waals surface area contributed by atoms with Gasteiger partial charge in [0.05, 0.1) is 0 Å². The molecular formula is C11H16ClN5O. The van der Waals surface area contributed by atoms with Crippen LogP contribution in [0.15, 0.2) is 10.9 Å². The van der Waals surface area contributed by atoms with Crippen LogP contribution in [0.3, 0.4) is 0 Å². The van der Waals surface area contributed by atoms with Crippen LogP contribution in [-0.4, -0.2) is 31.5 Å². The monoisotopic (exact) mass is 269 g/mol. The second kappa shape index (κ2) is 5.39. The molecule has 0 aromatic carbocycles. The number of fused-ring (bicyclic) bond motifs is 1.